The molecule has 1 aromatic rings. The zero-order chi connectivity index (χ0) is 14.6. The first-order chi connectivity index (χ1) is 8.81. The number of azide groups is 1. The summed E-state index contributed by atoms with van der Waals surface area (Å²) in [5, 5.41) is 2.51. The van der Waals surface area contributed by atoms with E-state index >= 15 is 0 Å². The fourth-order valence-electron chi connectivity index (χ4n) is 1.50. The van der Waals surface area contributed by atoms with Crippen LogP contribution in [0.25, 0.3) is 10.4 Å². The van der Waals surface area contributed by atoms with Crippen LogP contribution in [0.3, 0.4) is 0 Å². The molecule has 0 unspecified atom stereocenters. The molecule has 0 spiro atoms. The van der Waals surface area contributed by atoms with Gasteiger partial charge in [-0.25, -0.2) is 8.42 Å². The predicted molar refractivity (Wildman–Crippen MR) is 68.4 cm³/mol. The highest BCUT2D eigenvalue weighted by molar-refractivity contribution is 7.90. The molecule has 0 aliphatic heterocycles. The van der Waals surface area contributed by atoms with Crippen LogP contribution in [0.4, 0.5) is 5.69 Å². The van der Waals surface area contributed by atoms with Crippen molar-refractivity contribution in [2.75, 3.05) is 12.4 Å². The lowest BCUT2D eigenvalue weighted by Gasteiger charge is -2.12. The standard InChI is InChI=1S/C10H12N4O4S/c1-6-4-8(12-7(2)15)9(18-3)5-10(6)19(16,17)14-13-11/h4-5H,1-3H3,(H,12,15). The van der Waals surface area contributed by atoms with Gasteiger partial charge in [-0.1, -0.05) is 0 Å². The van der Waals surface area contributed by atoms with Crippen molar-refractivity contribution in [2.24, 2.45) is 4.52 Å². The average Bonchev–Trinajstić information content (AvgIpc) is 2.27. The highest BCUT2D eigenvalue weighted by Gasteiger charge is 2.19. The SMILES string of the molecule is COc1cc(S(=O)(=O)N=[N+]=[N-])c(C)cc1NC(C)=O. The summed E-state index contributed by atoms with van der Waals surface area (Å²) in [6, 6.07) is 2.63. The minimum Gasteiger partial charge on any atom is -0.495 e. The van der Waals surface area contributed by atoms with Crippen LogP contribution in [-0.4, -0.2) is 21.4 Å². The number of ether oxygens (including phenoxy) is 1. The summed E-state index contributed by atoms with van der Waals surface area (Å²) in [6.07, 6.45) is 0. The normalized spacial score (nSPS) is 10.5. The number of carbonyl (C=O) groups is 1. The van der Waals surface area contributed by atoms with E-state index in [0.29, 0.717) is 11.3 Å². The Labute approximate surface area is 110 Å². The van der Waals surface area contributed by atoms with E-state index in [4.69, 9.17) is 10.3 Å². The zero-order valence-electron chi connectivity index (χ0n) is 10.5. The maximum atomic E-state index is 11.7. The third kappa shape index (κ3) is 3.36. The van der Waals surface area contributed by atoms with E-state index < -0.39 is 10.0 Å². The lowest BCUT2D eigenvalue weighted by Crippen LogP contribution is -2.09. The van der Waals surface area contributed by atoms with Gasteiger partial charge in [0.15, 0.2) is 0 Å². The Morgan fingerprint density at radius 3 is 2.58 bits per heavy atom. The van der Waals surface area contributed by atoms with E-state index in [-0.39, 0.29) is 16.6 Å². The van der Waals surface area contributed by atoms with Crippen LogP contribution in [0.15, 0.2) is 21.5 Å². The van der Waals surface area contributed by atoms with E-state index in [1.54, 1.807) is 0 Å². The van der Waals surface area contributed by atoms with Crippen molar-refractivity contribution in [3.63, 3.8) is 0 Å². The Kier molecular flexibility index (Phi) is 4.36. The van der Waals surface area contributed by atoms with Gasteiger partial charge in [0.2, 0.25) is 5.91 Å². The van der Waals surface area contributed by atoms with Crippen molar-refractivity contribution >= 4 is 21.6 Å². The molecule has 0 aromatic heterocycles. The molecule has 0 saturated heterocycles. The summed E-state index contributed by atoms with van der Waals surface area (Å²) in [6.45, 7) is 2.84. The summed E-state index contributed by atoms with van der Waals surface area (Å²) < 4.78 is 31.1. The Morgan fingerprint density at radius 1 is 1.47 bits per heavy atom. The topological polar surface area (TPSA) is 121 Å². The second-order valence-corrected chi connectivity index (χ2v) is 5.20. The van der Waals surface area contributed by atoms with Crippen LogP contribution in [0, 0.1) is 6.92 Å². The minimum atomic E-state index is -4.10. The summed E-state index contributed by atoms with van der Waals surface area (Å²) >= 11 is 0. The summed E-state index contributed by atoms with van der Waals surface area (Å²) in [7, 11) is -2.77. The number of sulfonamides is 1. The van der Waals surface area contributed by atoms with Crippen LogP contribution in [0.2, 0.25) is 0 Å². The van der Waals surface area contributed by atoms with Gasteiger partial charge in [-0.2, -0.15) is 0 Å². The molecule has 1 amide bonds. The largest absolute Gasteiger partial charge is 0.495 e. The molecule has 0 heterocycles. The van der Waals surface area contributed by atoms with Crippen molar-refractivity contribution in [3.8, 4) is 5.75 Å². The third-order valence-corrected chi connectivity index (χ3v) is 3.51. The molecule has 102 valence electrons. The van der Waals surface area contributed by atoms with Gasteiger partial charge in [0.05, 0.1) is 17.7 Å². The molecule has 0 radical (unpaired) electrons. The summed E-state index contributed by atoms with van der Waals surface area (Å²) in [4.78, 5) is 13.1. The molecule has 8 nitrogen and oxygen atoms in total. The molecule has 0 bridgehead atoms. The molecular formula is C10H12N4O4S. The molecule has 1 aromatic carbocycles. The number of anilines is 1. The number of aryl methyl sites for hydroxylation is 1. The van der Waals surface area contributed by atoms with Gasteiger partial charge < -0.3 is 10.1 Å². The molecule has 1 rings (SSSR count). The monoisotopic (exact) mass is 284 g/mol. The fourth-order valence-corrected chi connectivity index (χ4v) is 2.40. The van der Waals surface area contributed by atoms with Crippen molar-refractivity contribution < 1.29 is 17.9 Å². The van der Waals surface area contributed by atoms with Crippen LogP contribution in [-0.2, 0) is 14.8 Å². The van der Waals surface area contributed by atoms with Gasteiger partial charge in [0, 0.05) is 22.4 Å². The zero-order valence-corrected chi connectivity index (χ0v) is 11.4. The number of rotatable bonds is 4. The lowest BCUT2D eigenvalue weighted by molar-refractivity contribution is -0.114. The third-order valence-electron chi connectivity index (χ3n) is 2.23. The molecule has 19 heavy (non-hydrogen) atoms. The minimum absolute atomic E-state index is 0.160. The molecule has 0 aliphatic rings. The Morgan fingerprint density at radius 2 is 2.11 bits per heavy atom. The number of hydrogen-bond acceptors (Lipinski definition) is 4. The number of nitrogens with zero attached hydrogens (tertiary/aromatic N) is 3. The summed E-state index contributed by atoms with van der Waals surface area (Å²) in [5.74, 6) is -0.157. The maximum Gasteiger partial charge on any atom is 0.264 e. The second-order valence-electron chi connectivity index (χ2n) is 3.65. The van der Waals surface area contributed by atoms with E-state index in [9.17, 15) is 13.2 Å². The number of benzene rings is 1. The van der Waals surface area contributed by atoms with Gasteiger partial charge >= 0.3 is 0 Å². The Balaban J connectivity index is 3.47. The molecular weight excluding hydrogens is 272 g/mol. The molecule has 0 saturated carbocycles. The van der Waals surface area contributed by atoms with Crippen molar-refractivity contribution in [1.82, 2.24) is 0 Å². The number of methoxy groups -OCH3 is 1. The first-order valence-electron chi connectivity index (χ1n) is 5.09. The van der Waals surface area contributed by atoms with Gasteiger partial charge in [0.25, 0.3) is 10.0 Å². The first-order valence-corrected chi connectivity index (χ1v) is 6.53. The van der Waals surface area contributed by atoms with Crippen molar-refractivity contribution in [3.05, 3.63) is 28.1 Å². The number of carbonyl (C=O) groups excluding carboxylic acids is 1. The molecule has 0 fully saturated rings. The molecule has 1 N–H and O–H groups in total. The molecule has 0 aliphatic carbocycles. The van der Waals surface area contributed by atoms with Gasteiger partial charge in [-0.3, -0.25) is 4.79 Å². The van der Waals surface area contributed by atoms with Gasteiger partial charge in [-0.15, -0.1) is 0 Å². The average molecular weight is 284 g/mol. The van der Waals surface area contributed by atoms with E-state index in [2.05, 4.69) is 14.7 Å². The smallest absolute Gasteiger partial charge is 0.264 e. The Bertz CT molecular complexity index is 662. The first kappa shape index (κ1) is 14.8. The van der Waals surface area contributed by atoms with Crippen LogP contribution < -0.4 is 10.1 Å². The van der Waals surface area contributed by atoms with Crippen molar-refractivity contribution in [2.45, 2.75) is 18.7 Å². The molecule has 0 atom stereocenters. The van der Waals surface area contributed by atoms with E-state index in [0.717, 1.165) is 0 Å². The summed E-state index contributed by atoms with van der Waals surface area (Å²) in [5.41, 5.74) is 8.92. The van der Waals surface area contributed by atoms with Crippen LogP contribution in [0.5, 0.6) is 5.75 Å². The highest BCUT2D eigenvalue weighted by atomic mass is 32.2. The highest BCUT2D eigenvalue weighted by Crippen LogP contribution is 2.31. The van der Waals surface area contributed by atoms with Gasteiger partial charge in [0.1, 0.15) is 5.75 Å². The predicted octanol–water partition coefficient (Wildman–Crippen LogP) is 1.96. The van der Waals surface area contributed by atoms with E-state index in [1.165, 1.54) is 33.1 Å². The molecule has 9 heteroatoms. The quantitative estimate of drug-likeness (QED) is 0.516. The van der Waals surface area contributed by atoms with Crippen molar-refractivity contribution in [1.29, 1.82) is 0 Å². The van der Waals surface area contributed by atoms with E-state index in [1.807, 2.05) is 0 Å². The number of nitrogens with one attached hydrogen (secondary N) is 1. The second kappa shape index (κ2) is 5.59. The fraction of sp³-hybridized carbons (Fsp3) is 0.300. The maximum absolute atomic E-state index is 11.7. The van der Waals surface area contributed by atoms with Crippen LogP contribution >= 0.6 is 0 Å². The Hall–Kier alpha value is -2.25. The van der Waals surface area contributed by atoms with Crippen LogP contribution in [0.1, 0.15) is 12.5 Å². The number of hydrogen-bond donors (Lipinski definition) is 1. The van der Waals surface area contributed by atoms with Gasteiger partial charge in [-0.05, 0) is 24.1 Å². The lowest BCUT2D eigenvalue weighted by atomic mass is 10.2. The number of amides is 1.